The lowest BCUT2D eigenvalue weighted by molar-refractivity contribution is -0.206. The Morgan fingerprint density at radius 3 is 1.89 bits per heavy atom. The maximum absolute atomic E-state index is 6.07. The zero-order valence-electron chi connectivity index (χ0n) is 22.6. The Bertz CT molecular complexity index is 870. The summed E-state index contributed by atoms with van der Waals surface area (Å²) in [4.78, 5) is 0. The van der Waals surface area contributed by atoms with Crippen LogP contribution in [0, 0.1) is 18.8 Å². The van der Waals surface area contributed by atoms with Crippen molar-refractivity contribution in [2.24, 2.45) is 11.8 Å². The Balaban J connectivity index is 1.30. The van der Waals surface area contributed by atoms with Crippen molar-refractivity contribution < 1.29 is 9.47 Å². The predicted octanol–water partition coefficient (Wildman–Crippen LogP) is 9.76. The number of hydrogen-bond acceptors (Lipinski definition) is 2. The van der Waals surface area contributed by atoms with Crippen LogP contribution in [0.4, 0.5) is 0 Å². The van der Waals surface area contributed by atoms with E-state index in [-0.39, 0.29) is 6.29 Å². The molecule has 1 saturated carbocycles. The van der Waals surface area contributed by atoms with E-state index in [1.165, 1.54) is 93.7 Å². The Hall–Kier alpha value is -1.64. The van der Waals surface area contributed by atoms with Crippen LogP contribution < -0.4 is 0 Å². The standard InChI is InChI=1S/C33H48O2/c1-4-6-8-10-26-12-14-28(15-13-26)31-20-21-32(25(3)22-31)29-16-18-30(19-17-29)33-34-23-27(24-35-33)11-9-7-5-2/h16-22,26-28,33H,4-15,23-24H2,1-3H3. The van der Waals surface area contributed by atoms with Crippen LogP contribution in [0.15, 0.2) is 42.5 Å². The Labute approximate surface area is 214 Å². The van der Waals surface area contributed by atoms with E-state index < -0.39 is 0 Å². The molecule has 1 heterocycles. The molecule has 1 aliphatic carbocycles. The fourth-order valence-electron chi connectivity index (χ4n) is 6.14. The number of rotatable bonds is 11. The molecule has 2 nitrogen and oxygen atoms in total. The minimum Gasteiger partial charge on any atom is -0.348 e. The number of hydrogen-bond donors (Lipinski definition) is 0. The number of aryl methyl sites for hydroxylation is 1. The van der Waals surface area contributed by atoms with Gasteiger partial charge in [0, 0.05) is 11.5 Å². The van der Waals surface area contributed by atoms with E-state index in [4.69, 9.17) is 9.47 Å². The Morgan fingerprint density at radius 2 is 1.29 bits per heavy atom. The molecule has 0 N–H and O–H groups in total. The lowest BCUT2D eigenvalue weighted by Crippen LogP contribution is -2.27. The van der Waals surface area contributed by atoms with Crippen molar-refractivity contribution in [2.75, 3.05) is 13.2 Å². The molecular formula is C33H48O2. The van der Waals surface area contributed by atoms with Crippen LogP contribution in [0.3, 0.4) is 0 Å². The highest BCUT2D eigenvalue weighted by Crippen LogP contribution is 2.39. The molecule has 0 amide bonds. The van der Waals surface area contributed by atoms with Crippen LogP contribution in [0.25, 0.3) is 11.1 Å². The van der Waals surface area contributed by atoms with E-state index >= 15 is 0 Å². The van der Waals surface area contributed by atoms with Crippen molar-refractivity contribution in [2.45, 2.75) is 110 Å². The van der Waals surface area contributed by atoms with Gasteiger partial charge in [0.1, 0.15) is 0 Å². The van der Waals surface area contributed by atoms with Gasteiger partial charge in [0.05, 0.1) is 13.2 Å². The van der Waals surface area contributed by atoms with Crippen LogP contribution in [-0.2, 0) is 9.47 Å². The third-order valence-corrected chi connectivity index (χ3v) is 8.46. The van der Waals surface area contributed by atoms with E-state index in [9.17, 15) is 0 Å². The average Bonchev–Trinajstić information content (AvgIpc) is 2.90. The lowest BCUT2D eigenvalue weighted by Gasteiger charge is -2.30. The lowest BCUT2D eigenvalue weighted by atomic mass is 9.76. The van der Waals surface area contributed by atoms with Crippen molar-refractivity contribution in [1.82, 2.24) is 0 Å². The minimum absolute atomic E-state index is 0.216. The van der Waals surface area contributed by atoms with Crippen molar-refractivity contribution in [3.05, 3.63) is 59.2 Å². The summed E-state index contributed by atoms with van der Waals surface area (Å²) >= 11 is 0. The number of benzene rings is 2. The van der Waals surface area contributed by atoms with Crippen molar-refractivity contribution in [3.63, 3.8) is 0 Å². The van der Waals surface area contributed by atoms with Gasteiger partial charge in [0.15, 0.2) is 6.29 Å². The molecule has 2 heteroatoms. The van der Waals surface area contributed by atoms with Gasteiger partial charge >= 0.3 is 0 Å². The van der Waals surface area contributed by atoms with E-state index in [1.807, 2.05) is 0 Å². The fraction of sp³-hybridized carbons (Fsp3) is 0.636. The normalized spacial score (nSPS) is 25.0. The molecule has 4 rings (SSSR count). The van der Waals surface area contributed by atoms with Crippen molar-refractivity contribution >= 4 is 0 Å². The van der Waals surface area contributed by atoms with Crippen LogP contribution in [0.2, 0.25) is 0 Å². The maximum Gasteiger partial charge on any atom is 0.183 e. The summed E-state index contributed by atoms with van der Waals surface area (Å²) < 4.78 is 12.1. The first-order valence-corrected chi connectivity index (χ1v) is 14.6. The molecule has 2 aromatic rings. The summed E-state index contributed by atoms with van der Waals surface area (Å²) in [6.45, 7) is 8.47. The second-order valence-electron chi connectivity index (χ2n) is 11.3. The molecule has 2 aliphatic rings. The smallest absolute Gasteiger partial charge is 0.183 e. The van der Waals surface area contributed by atoms with Gasteiger partial charge in [-0.3, -0.25) is 0 Å². The SMILES string of the molecule is CCCCCC1CCC(c2ccc(-c3ccc(C4OCC(CCCCC)CO4)cc3)c(C)c2)CC1. The van der Waals surface area contributed by atoms with Gasteiger partial charge in [-0.25, -0.2) is 0 Å². The molecule has 2 fully saturated rings. The minimum atomic E-state index is -0.216. The first-order chi connectivity index (χ1) is 17.2. The molecule has 35 heavy (non-hydrogen) atoms. The topological polar surface area (TPSA) is 18.5 Å². The first-order valence-electron chi connectivity index (χ1n) is 14.6. The third-order valence-electron chi connectivity index (χ3n) is 8.46. The van der Waals surface area contributed by atoms with Gasteiger partial charge < -0.3 is 9.47 Å². The summed E-state index contributed by atoms with van der Waals surface area (Å²) in [5.41, 5.74) is 6.69. The quantitative estimate of drug-likeness (QED) is 0.300. The molecule has 2 aromatic carbocycles. The zero-order valence-corrected chi connectivity index (χ0v) is 22.6. The highest BCUT2D eigenvalue weighted by atomic mass is 16.7. The molecular weight excluding hydrogens is 428 g/mol. The van der Waals surface area contributed by atoms with Gasteiger partial charge in [0.25, 0.3) is 0 Å². The van der Waals surface area contributed by atoms with E-state index in [0.29, 0.717) is 5.92 Å². The fourth-order valence-corrected chi connectivity index (χ4v) is 6.14. The van der Waals surface area contributed by atoms with Gasteiger partial charge in [0.2, 0.25) is 0 Å². The largest absolute Gasteiger partial charge is 0.348 e. The highest BCUT2D eigenvalue weighted by Gasteiger charge is 2.24. The van der Waals surface area contributed by atoms with Gasteiger partial charge in [-0.15, -0.1) is 0 Å². The molecule has 0 aromatic heterocycles. The summed E-state index contributed by atoms with van der Waals surface area (Å²) in [6, 6.07) is 16.0. The molecule has 1 saturated heterocycles. The van der Waals surface area contributed by atoms with Crippen molar-refractivity contribution in [1.29, 1.82) is 0 Å². The van der Waals surface area contributed by atoms with Gasteiger partial charge in [-0.2, -0.15) is 0 Å². The summed E-state index contributed by atoms with van der Waals surface area (Å²) in [5, 5.41) is 0. The zero-order chi connectivity index (χ0) is 24.5. The highest BCUT2D eigenvalue weighted by molar-refractivity contribution is 5.68. The monoisotopic (exact) mass is 476 g/mol. The number of ether oxygens (including phenoxy) is 2. The Kier molecular flexibility index (Phi) is 10.3. The molecule has 0 bridgehead atoms. The van der Waals surface area contributed by atoms with E-state index in [2.05, 4.69) is 63.2 Å². The molecule has 0 atom stereocenters. The van der Waals surface area contributed by atoms with Gasteiger partial charge in [-0.1, -0.05) is 101 Å². The average molecular weight is 477 g/mol. The first kappa shape index (κ1) is 26.4. The molecule has 192 valence electrons. The summed E-state index contributed by atoms with van der Waals surface area (Å²) in [5.74, 6) is 2.27. The molecule has 1 aliphatic heterocycles. The predicted molar refractivity (Wildman–Crippen MR) is 148 cm³/mol. The van der Waals surface area contributed by atoms with E-state index in [0.717, 1.165) is 30.6 Å². The van der Waals surface area contributed by atoms with Crippen LogP contribution >= 0.6 is 0 Å². The maximum atomic E-state index is 6.07. The van der Waals surface area contributed by atoms with Gasteiger partial charge in [-0.05, 0) is 73.1 Å². The summed E-state index contributed by atoms with van der Waals surface area (Å²) in [6.07, 6.45) is 16.1. The van der Waals surface area contributed by atoms with Crippen LogP contribution in [0.5, 0.6) is 0 Å². The number of unbranched alkanes of at least 4 members (excludes halogenated alkanes) is 4. The van der Waals surface area contributed by atoms with Crippen LogP contribution in [0.1, 0.15) is 120 Å². The third kappa shape index (κ3) is 7.43. The Morgan fingerprint density at radius 1 is 0.686 bits per heavy atom. The van der Waals surface area contributed by atoms with E-state index in [1.54, 1.807) is 5.56 Å². The molecule has 0 radical (unpaired) electrons. The summed E-state index contributed by atoms with van der Waals surface area (Å²) in [7, 11) is 0. The molecule has 0 spiro atoms. The second kappa shape index (κ2) is 13.6. The van der Waals surface area contributed by atoms with Crippen LogP contribution in [-0.4, -0.2) is 13.2 Å². The van der Waals surface area contributed by atoms with Crippen molar-refractivity contribution in [3.8, 4) is 11.1 Å². The second-order valence-corrected chi connectivity index (χ2v) is 11.3. The molecule has 0 unspecified atom stereocenters.